The van der Waals surface area contributed by atoms with Crippen LogP contribution >= 0.6 is 0 Å². The maximum Gasteiger partial charge on any atom is 0.290 e. The number of phenolic OH excluding ortho intramolecular Hbond substituents is 2. The van der Waals surface area contributed by atoms with Gasteiger partial charge in [0.2, 0.25) is 5.78 Å². The summed E-state index contributed by atoms with van der Waals surface area (Å²) in [7, 11) is -4.67. The molecule has 0 spiro atoms. The Balaban J connectivity index is 1.53. The molecule has 5 rings (SSSR count). The fraction of sp³-hybridized carbons (Fsp3) is 0.0769. The van der Waals surface area contributed by atoms with Crippen molar-refractivity contribution in [2.45, 2.75) is 12.5 Å². The van der Waals surface area contributed by atoms with Crippen LogP contribution in [0, 0.1) is 0 Å². The number of phenols is 2. The van der Waals surface area contributed by atoms with Crippen molar-refractivity contribution in [2.75, 3.05) is 5.43 Å². The van der Waals surface area contributed by atoms with Crippen molar-refractivity contribution in [3.63, 3.8) is 0 Å². The zero-order chi connectivity index (χ0) is 26.2. The molecule has 37 heavy (non-hydrogen) atoms. The Bertz CT molecular complexity index is 1760. The number of aromatic hydroxyl groups is 2. The average molecular weight is 517 g/mol. The zero-order valence-corrected chi connectivity index (χ0v) is 19.9. The molecular weight excluding hydrogens is 496 g/mol. The van der Waals surface area contributed by atoms with Gasteiger partial charge in [0.25, 0.3) is 10.1 Å². The van der Waals surface area contributed by atoms with Crippen LogP contribution in [0.25, 0.3) is 21.5 Å². The zero-order valence-electron chi connectivity index (χ0n) is 19.1. The SMILES string of the molecule is O=C1C(=NNc2c(O)ccc3ccccc23)C=C(S(=O)(=O)O)CC1N=Nc1c(O)ccc2ccccc12. The van der Waals surface area contributed by atoms with Crippen LogP contribution in [0.15, 0.2) is 99.1 Å². The summed E-state index contributed by atoms with van der Waals surface area (Å²) in [5, 5.41) is 35.6. The predicted octanol–water partition coefficient (Wildman–Crippen LogP) is 5.07. The van der Waals surface area contributed by atoms with Crippen LogP contribution in [-0.2, 0) is 14.9 Å². The van der Waals surface area contributed by atoms with Gasteiger partial charge in [0.15, 0.2) is 0 Å². The van der Waals surface area contributed by atoms with E-state index >= 15 is 0 Å². The van der Waals surface area contributed by atoms with E-state index in [1.54, 1.807) is 36.4 Å². The highest BCUT2D eigenvalue weighted by Gasteiger charge is 2.33. The molecule has 1 unspecified atom stereocenters. The number of rotatable bonds is 5. The summed E-state index contributed by atoms with van der Waals surface area (Å²) >= 11 is 0. The second kappa shape index (κ2) is 9.45. The molecule has 0 heterocycles. The molecular formula is C26H20N4O6S. The largest absolute Gasteiger partial charge is 0.506 e. The Morgan fingerprint density at radius 3 is 2.16 bits per heavy atom. The summed E-state index contributed by atoms with van der Waals surface area (Å²) in [6.45, 7) is 0. The van der Waals surface area contributed by atoms with Gasteiger partial charge in [0.05, 0.1) is 4.91 Å². The Hall–Kier alpha value is -4.61. The van der Waals surface area contributed by atoms with Crippen LogP contribution in [0.4, 0.5) is 11.4 Å². The molecule has 0 saturated heterocycles. The van der Waals surface area contributed by atoms with Gasteiger partial charge in [-0.3, -0.25) is 14.8 Å². The molecule has 4 aromatic carbocycles. The van der Waals surface area contributed by atoms with Gasteiger partial charge in [-0.1, -0.05) is 60.7 Å². The maximum atomic E-state index is 13.2. The van der Waals surface area contributed by atoms with Crippen LogP contribution in [0.3, 0.4) is 0 Å². The second-order valence-electron chi connectivity index (χ2n) is 8.33. The smallest absolute Gasteiger partial charge is 0.290 e. The van der Waals surface area contributed by atoms with Gasteiger partial charge in [-0.15, -0.1) is 0 Å². The predicted molar refractivity (Wildman–Crippen MR) is 140 cm³/mol. The van der Waals surface area contributed by atoms with Gasteiger partial charge in [0.1, 0.15) is 34.6 Å². The van der Waals surface area contributed by atoms with E-state index in [0.717, 1.165) is 16.8 Å². The van der Waals surface area contributed by atoms with Crippen LogP contribution in [-0.4, -0.2) is 40.7 Å². The highest BCUT2D eigenvalue weighted by atomic mass is 32.2. The van der Waals surface area contributed by atoms with Gasteiger partial charge in [-0.05, 0) is 29.0 Å². The number of Topliss-reactive ketones (excluding diaryl/α,β-unsaturated/α-hetero) is 1. The number of azo groups is 1. The number of ketones is 1. The van der Waals surface area contributed by atoms with E-state index in [1.165, 1.54) is 12.1 Å². The molecule has 0 amide bonds. The van der Waals surface area contributed by atoms with Crippen molar-refractivity contribution in [3.05, 3.63) is 83.8 Å². The van der Waals surface area contributed by atoms with Gasteiger partial charge >= 0.3 is 0 Å². The van der Waals surface area contributed by atoms with E-state index in [9.17, 15) is 28.0 Å². The number of carbonyl (C=O) groups excluding carboxylic acids is 1. The second-order valence-corrected chi connectivity index (χ2v) is 9.80. The number of hydrogen-bond acceptors (Lipinski definition) is 9. The van der Waals surface area contributed by atoms with E-state index < -0.39 is 33.3 Å². The van der Waals surface area contributed by atoms with Crippen molar-refractivity contribution in [2.24, 2.45) is 15.3 Å². The third-order valence-corrected chi connectivity index (χ3v) is 6.90. The fourth-order valence-electron chi connectivity index (χ4n) is 4.07. The minimum absolute atomic E-state index is 0.117. The van der Waals surface area contributed by atoms with Crippen molar-refractivity contribution in [1.29, 1.82) is 0 Å². The number of allylic oxidation sites excluding steroid dienone is 1. The molecule has 186 valence electrons. The Morgan fingerprint density at radius 2 is 1.46 bits per heavy atom. The van der Waals surface area contributed by atoms with Crippen molar-refractivity contribution in [3.8, 4) is 11.5 Å². The number of benzene rings is 4. The Kier molecular flexibility index (Phi) is 6.15. The minimum Gasteiger partial charge on any atom is -0.506 e. The molecule has 0 saturated carbocycles. The van der Waals surface area contributed by atoms with E-state index in [0.29, 0.717) is 10.8 Å². The molecule has 0 radical (unpaired) electrons. The quantitative estimate of drug-likeness (QED) is 0.125. The summed E-state index contributed by atoms with van der Waals surface area (Å²) in [5.41, 5.74) is 2.63. The molecule has 1 atom stereocenters. The van der Waals surface area contributed by atoms with Gasteiger partial charge < -0.3 is 10.2 Å². The van der Waals surface area contributed by atoms with Crippen LogP contribution < -0.4 is 5.43 Å². The lowest BCUT2D eigenvalue weighted by molar-refractivity contribution is -0.114. The van der Waals surface area contributed by atoms with Crippen molar-refractivity contribution in [1.82, 2.24) is 0 Å². The highest BCUT2D eigenvalue weighted by molar-refractivity contribution is 7.89. The number of fused-ring (bicyclic) bond motifs is 2. The standard InChI is InChI=1S/C26H20N4O6S/c31-22-11-9-15-5-1-3-7-18(15)24(22)29-27-20-13-17(37(34,35)36)14-21(26(20)33)28-30-25-19-8-4-2-6-16(19)10-12-23(25)32/h1-13,21,29,31-32H,14H2,(H,34,35,36). The number of anilines is 1. The fourth-order valence-corrected chi connectivity index (χ4v) is 4.70. The van der Waals surface area contributed by atoms with Crippen LogP contribution in [0.2, 0.25) is 0 Å². The molecule has 10 nitrogen and oxygen atoms in total. The molecule has 0 fully saturated rings. The summed E-state index contributed by atoms with van der Waals surface area (Å²) in [6, 6.07) is 19.3. The lowest BCUT2D eigenvalue weighted by Gasteiger charge is -2.18. The molecule has 4 aromatic rings. The number of nitrogens with zero attached hydrogens (tertiary/aromatic N) is 3. The lowest BCUT2D eigenvalue weighted by Crippen LogP contribution is -2.32. The van der Waals surface area contributed by atoms with Crippen LogP contribution in [0.1, 0.15) is 6.42 Å². The first-order valence-corrected chi connectivity index (χ1v) is 12.5. The average Bonchev–Trinajstić information content (AvgIpc) is 2.88. The summed E-state index contributed by atoms with van der Waals surface area (Å²) in [4.78, 5) is 12.7. The molecule has 1 aliphatic carbocycles. The summed E-state index contributed by atoms with van der Waals surface area (Å²) in [5.74, 6) is -0.964. The Labute approximate surface area is 211 Å². The van der Waals surface area contributed by atoms with Crippen molar-refractivity contribution < 1.29 is 28.0 Å². The summed E-state index contributed by atoms with van der Waals surface area (Å²) in [6.07, 6.45) is 0.513. The summed E-state index contributed by atoms with van der Waals surface area (Å²) < 4.78 is 33.5. The molecule has 0 aliphatic heterocycles. The third kappa shape index (κ3) is 4.77. The van der Waals surface area contributed by atoms with E-state index in [-0.39, 0.29) is 28.6 Å². The maximum absolute atomic E-state index is 13.2. The van der Waals surface area contributed by atoms with E-state index in [1.807, 2.05) is 24.3 Å². The first kappa shape index (κ1) is 24.1. The van der Waals surface area contributed by atoms with E-state index in [2.05, 4.69) is 20.8 Å². The number of nitrogens with one attached hydrogen (secondary N) is 1. The number of hydrazone groups is 1. The number of hydrogen-bond donors (Lipinski definition) is 4. The number of carbonyl (C=O) groups is 1. The first-order chi connectivity index (χ1) is 17.7. The van der Waals surface area contributed by atoms with Crippen LogP contribution in [0.5, 0.6) is 11.5 Å². The Morgan fingerprint density at radius 1 is 0.838 bits per heavy atom. The highest BCUT2D eigenvalue weighted by Crippen LogP contribution is 2.36. The normalized spacial score (nSPS) is 17.5. The molecule has 4 N–H and O–H groups in total. The third-order valence-electron chi connectivity index (χ3n) is 5.95. The monoisotopic (exact) mass is 516 g/mol. The minimum atomic E-state index is -4.67. The van der Waals surface area contributed by atoms with Gasteiger partial charge in [0, 0.05) is 17.2 Å². The molecule has 1 aliphatic rings. The van der Waals surface area contributed by atoms with Crippen molar-refractivity contribution >= 4 is 54.5 Å². The van der Waals surface area contributed by atoms with Gasteiger partial charge in [-0.2, -0.15) is 23.7 Å². The lowest BCUT2D eigenvalue weighted by atomic mass is 9.99. The molecule has 0 bridgehead atoms. The molecule has 0 aromatic heterocycles. The molecule has 11 heteroatoms. The van der Waals surface area contributed by atoms with Gasteiger partial charge in [-0.25, -0.2) is 0 Å². The topological polar surface area (TPSA) is 161 Å². The first-order valence-electron chi connectivity index (χ1n) is 11.1. The van der Waals surface area contributed by atoms with E-state index in [4.69, 9.17) is 0 Å².